The fourth-order valence-corrected chi connectivity index (χ4v) is 8.40. The third-order valence-corrected chi connectivity index (χ3v) is 11.3. The van der Waals surface area contributed by atoms with E-state index in [1.54, 1.807) is 0 Å². The Labute approximate surface area is 355 Å². The van der Waals surface area contributed by atoms with Crippen molar-refractivity contribution in [1.82, 2.24) is 34.5 Å². The lowest BCUT2D eigenvalue weighted by molar-refractivity contribution is 0.669. The second kappa shape index (κ2) is 14.6. The summed E-state index contributed by atoms with van der Waals surface area (Å²) < 4.78 is 8.69. The molecule has 4 heterocycles. The van der Waals surface area contributed by atoms with E-state index in [4.69, 9.17) is 34.3 Å². The fourth-order valence-electron chi connectivity index (χ4n) is 8.40. The summed E-state index contributed by atoms with van der Waals surface area (Å²) in [4.78, 5) is 30.3. The number of aromatic nitrogens is 7. The van der Waals surface area contributed by atoms with Gasteiger partial charge in [-0.05, 0) is 53.6 Å². The molecule has 12 aromatic rings. The molecule has 0 aliphatic carbocycles. The molecule has 290 valence electrons. The Morgan fingerprint density at radius 1 is 0.306 bits per heavy atom. The average Bonchev–Trinajstić information content (AvgIpc) is 3.90. The molecule has 0 atom stereocenters. The third kappa shape index (κ3) is 6.09. The topological polar surface area (TPSA) is 95.4 Å². The highest BCUT2D eigenvalue weighted by Gasteiger charge is 2.21. The first-order chi connectivity index (χ1) is 30.7. The number of para-hydroxylation sites is 1. The monoisotopic (exact) mass is 795 g/mol. The summed E-state index contributed by atoms with van der Waals surface area (Å²) in [5.74, 6) is 3.45. The molecule has 12 rings (SSSR count). The van der Waals surface area contributed by atoms with E-state index in [9.17, 15) is 0 Å². The molecule has 4 aromatic heterocycles. The Bertz CT molecular complexity index is 3570. The minimum absolute atomic E-state index is 0.536. The molecule has 0 unspecified atom stereocenters. The van der Waals surface area contributed by atoms with Crippen LogP contribution in [0.1, 0.15) is 0 Å². The summed E-state index contributed by atoms with van der Waals surface area (Å²) in [7, 11) is 0. The Morgan fingerprint density at radius 2 is 0.790 bits per heavy atom. The summed E-state index contributed by atoms with van der Waals surface area (Å²) in [6.07, 6.45) is 0. The number of furan rings is 1. The van der Waals surface area contributed by atoms with Crippen LogP contribution in [-0.4, -0.2) is 34.5 Å². The number of rotatable bonds is 7. The van der Waals surface area contributed by atoms with Gasteiger partial charge in [-0.3, -0.25) is 4.57 Å². The standard InChI is InChI=1S/C54H33N7O/c1-5-16-34(17-6-1)40-25-15-27-45-48(40)42-24-13-14-26-44(42)61(45)54-59-51(37-22-11-4-12-23-37)58-53(60-54)38-29-31-46-43(32-38)41-30-28-39(33-47(41)62-46)52-56-49(35-18-7-2-8-19-35)55-50(57-52)36-20-9-3-10-21-36/h1-33H. The molecule has 0 N–H and O–H groups in total. The van der Waals surface area contributed by atoms with Crippen molar-refractivity contribution in [3.05, 3.63) is 200 Å². The zero-order valence-electron chi connectivity index (χ0n) is 33.1. The molecule has 0 radical (unpaired) electrons. The van der Waals surface area contributed by atoms with Crippen LogP contribution in [0.4, 0.5) is 0 Å². The van der Waals surface area contributed by atoms with Crippen molar-refractivity contribution in [1.29, 1.82) is 0 Å². The van der Waals surface area contributed by atoms with Crippen LogP contribution in [0, 0.1) is 0 Å². The number of fused-ring (bicyclic) bond motifs is 6. The molecule has 8 heteroatoms. The first-order valence-electron chi connectivity index (χ1n) is 20.5. The van der Waals surface area contributed by atoms with E-state index < -0.39 is 0 Å². The zero-order valence-corrected chi connectivity index (χ0v) is 33.1. The molecule has 0 fully saturated rings. The molecule has 0 saturated carbocycles. The van der Waals surface area contributed by atoms with Gasteiger partial charge >= 0.3 is 0 Å². The number of benzene rings is 8. The van der Waals surface area contributed by atoms with Gasteiger partial charge in [0.05, 0.1) is 11.0 Å². The lowest BCUT2D eigenvalue weighted by Crippen LogP contribution is -2.06. The fraction of sp³-hybridized carbons (Fsp3) is 0. The maximum atomic E-state index is 6.53. The lowest BCUT2D eigenvalue weighted by Gasteiger charge is -2.11. The molecule has 0 saturated heterocycles. The van der Waals surface area contributed by atoms with E-state index in [2.05, 4.69) is 83.4 Å². The molecule has 8 nitrogen and oxygen atoms in total. The van der Waals surface area contributed by atoms with E-state index >= 15 is 0 Å². The third-order valence-electron chi connectivity index (χ3n) is 11.3. The number of hydrogen-bond donors (Lipinski definition) is 0. The van der Waals surface area contributed by atoms with Crippen LogP contribution in [-0.2, 0) is 0 Å². The van der Waals surface area contributed by atoms with Gasteiger partial charge in [-0.2, -0.15) is 9.97 Å². The Hall–Kier alpha value is -8.62. The average molecular weight is 796 g/mol. The van der Waals surface area contributed by atoms with Gasteiger partial charge in [-0.25, -0.2) is 19.9 Å². The van der Waals surface area contributed by atoms with Gasteiger partial charge in [0.15, 0.2) is 29.1 Å². The van der Waals surface area contributed by atoms with E-state index in [1.165, 1.54) is 0 Å². The number of nitrogens with zero attached hydrogens (tertiary/aromatic N) is 7. The normalized spacial score (nSPS) is 11.5. The van der Waals surface area contributed by atoms with Crippen LogP contribution in [0.5, 0.6) is 0 Å². The SMILES string of the molecule is c1ccc(-c2nc(-c3ccccc3)nc(-c3ccc4c(c3)oc3ccc(-c5nc(-c6ccccc6)nc(-n6c7ccccc7c7c(-c8ccccc8)cccc76)n5)cc34)n2)cc1. The minimum Gasteiger partial charge on any atom is -0.456 e. The summed E-state index contributed by atoms with van der Waals surface area (Å²) in [6, 6.07) is 67.7. The summed E-state index contributed by atoms with van der Waals surface area (Å²) in [5.41, 5.74) is 10.2. The van der Waals surface area contributed by atoms with Crippen molar-refractivity contribution in [2.75, 3.05) is 0 Å². The summed E-state index contributed by atoms with van der Waals surface area (Å²) in [6.45, 7) is 0. The van der Waals surface area contributed by atoms with Crippen LogP contribution in [0.25, 0.3) is 118 Å². The van der Waals surface area contributed by atoms with Crippen molar-refractivity contribution >= 4 is 43.7 Å². The highest BCUT2D eigenvalue weighted by atomic mass is 16.3. The maximum absolute atomic E-state index is 6.53. The predicted molar refractivity (Wildman–Crippen MR) is 247 cm³/mol. The van der Waals surface area contributed by atoms with Crippen molar-refractivity contribution in [3.8, 4) is 74.0 Å². The van der Waals surface area contributed by atoms with Gasteiger partial charge in [0.1, 0.15) is 11.2 Å². The van der Waals surface area contributed by atoms with Gasteiger partial charge in [-0.15, -0.1) is 0 Å². The molecule has 0 amide bonds. The summed E-state index contributed by atoms with van der Waals surface area (Å²) in [5, 5.41) is 4.18. The van der Waals surface area contributed by atoms with E-state index in [1.807, 2.05) is 121 Å². The molecule has 62 heavy (non-hydrogen) atoms. The predicted octanol–water partition coefficient (Wildman–Crippen LogP) is 13.1. The maximum Gasteiger partial charge on any atom is 0.238 e. The highest BCUT2D eigenvalue weighted by molar-refractivity contribution is 6.15. The lowest BCUT2D eigenvalue weighted by atomic mass is 9.99. The molecule has 0 spiro atoms. The van der Waals surface area contributed by atoms with Gasteiger partial charge < -0.3 is 4.42 Å². The second-order valence-electron chi connectivity index (χ2n) is 15.1. The van der Waals surface area contributed by atoms with Gasteiger partial charge in [-0.1, -0.05) is 158 Å². The molecular formula is C54H33N7O. The van der Waals surface area contributed by atoms with Gasteiger partial charge in [0.25, 0.3) is 0 Å². The van der Waals surface area contributed by atoms with Crippen molar-refractivity contribution in [2.24, 2.45) is 0 Å². The zero-order chi connectivity index (χ0) is 41.0. The van der Waals surface area contributed by atoms with E-state index in [0.29, 0.717) is 35.1 Å². The Kier molecular flexibility index (Phi) is 8.31. The highest BCUT2D eigenvalue weighted by Crippen LogP contribution is 2.39. The molecule has 0 aliphatic rings. The first-order valence-corrected chi connectivity index (χ1v) is 20.5. The van der Waals surface area contributed by atoms with Crippen LogP contribution >= 0.6 is 0 Å². The van der Waals surface area contributed by atoms with Crippen LogP contribution in [0.3, 0.4) is 0 Å². The Morgan fingerprint density at radius 3 is 1.42 bits per heavy atom. The number of hydrogen-bond acceptors (Lipinski definition) is 7. The molecule has 0 aliphatic heterocycles. The van der Waals surface area contributed by atoms with Crippen LogP contribution in [0.15, 0.2) is 205 Å². The van der Waals surface area contributed by atoms with Crippen molar-refractivity contribution in [2.45, 2.75) is 0 Å². The summed E-state index contributed by atoms with van der Waals surface area (Å²) >= 11 is 0. The van der Waals surface area contributed by atoms with E-state index in [0.717, 1.165) is 82.7 Å². The molecule has 0 bridgehead atoms. The largest absolute Gasteiger partial charge is 0.456 e. The smallest absolute Gasteiger partial charge is 0.238 e. The Balaban J connectivity index is 1.01. The molecule has 8 aromatic carbocycles. The van der Waals surface area contributed by atoms with Crippen LogP contribution < -0.4 is 0 Å². The second-order valence-corrected chi connectivity index (χ2v) is 15.1. The minimum atomic E-state index is 0.536. The first kappa shape index (κ1) is 35.3. The van der Waals surface area contributed by atoms with Gasteiger partial charge in [0, 0.05) is 49.4 Å². The van der Waals surface area contributed by atoms with Crippen LogP contribution in [0.2, 0.25) is 0 Å². The van der Waals surface area contributed by atoms with Crippen molar-refractivity contribution in [3.63, 3.8) is 0 Å². The van der Waals surface area contributed by atoms with E-state index in [-0.39, 0.29) is 0 Å². The molecular weight excluding hydrogens is 763 g/mol. The van der Waals surface area contributed by atoms with Gasteiger partial charge in [0.2, 0.25) is 5.95 Å². The van der Waals surface area contributed by atoms with Crippen molar-refractivity contribution < 1.29 is 4.42 Å². The quantitative estimate of drug-likeness (QED) is 0.158.